The zero-order valence-electron chi connectivity index (χ0n) is 11.0. The Morgan fingerprint density at radius 3 is 2.74 bits per heavy atom. The summed E-state index contributed by atoms with van der Waals surface area (Å²) < 4.78 is 32.4. The molecule has 0 saturated carbocycles. The quantitative estimate of drug-likeness (QED) is 0.663. The molecule has 1 fully saturated rings. The van der Waals surface area contributed by atoms with Crippen LogP contribution in [0.1, 0.15) is 31.2 Å². The fourth-order valence-electron chi connectivity index (χ4n) is 2.49. The van der Waals surface area contributed by atoms with Crippen LogP contribution in [0.15, 0.2) is 12.1 Å². The van der Waals surface area contributed by atoms with Crippen molar-refractivity contribution in [1.82, 2.24) is 0 Å². The van der Waals surface area contributed by atoms with Gasteiger partial charge < -0.3 is 9.53 Å². The molecule has 2 rings (SSSR count). The van der Waals surface area contributed by atoms with Crippen molar-refractivity contribution in [2.75, 3.05) is 6.61 Å². The molecule has 0 amide bonds. The molecule has 1 atom stereocenters. The number of phenols is 1. The summed E-state index contributed by atoms with van der Waals surface area (Å²) in [7, 11) is -0.990. The molecule has 1 unspecified atom stereocenters. The Morgan fingerprint density at radius 1 is 1.16 bits per heavy atom. The van der Waals surface area contributed by atoms with Gasteiger partial charge in [0.05, 0.1) is 0 Å². The first-order chi connectivity index (χ1) is 9.18. The van der Waals surface area contributed by atoms with E-state index in [2.05, 4.69) is 0 Å². The molecule has 0 radical (unpaired) electrons. The summed E-state index contributed by atoms with van der Waals surface area (Å²) in [5.41, 5.74) is 0.349. The Hall–Kier alpha value is -0.943. The van der Waals surface area contributed by atoms with Crippen LogP contribution in [0.25, 0.3) is 0 Å². The van der Waals surface area contributed by atoms with Crippen LogP contribution in [0.4, 0.5) is 8.78 Å². The number of aromatic hydroxyl groups is 1. The Balaban J connectivity index is 1.75. The van der Waals surface area contributed by atoms with Crippen molar-refractivity contribution in [3.8, 4) is 5.75 Å². The van der Waals surface area contributed by atoms with Gasteiger partial charge in [-0.15, -0.1) is 0 Å². The Labute approximate surface area is 114 Å². The van der Waals surface area contributed by atoms with Gasteiger partial charge in [0.15, 0.2) is 20.6 Å². The van der Waals surface area contributed by atoms with Crippen LogP contribution >= 0.6 is 0 Å². The van der Waals surface area contributed by atoms with E-state index in [4.69, 9.17) is 9.53 Å². The summed E-state index contributed by atoms with van der Waals surface area (Å²) in [4.78, 5) is 0. The first kappa shape index (κ1) is 14.5. The van der Waals surface area contributed by atoms with Gasteiger partial charge in [-0.1, -0.05) is 18.9 Å². The van der Waals surface area contributed by atoms with E-state index in [1.165, 1.54) is 31.0 Å². The molecule has 5 heteroatoms. The highest BCUT2D eigenvalue weighted by molar-refractivity contribution is 6.51. The van der Waals surface area contributed by atoms with Gasteiger partial charge >= 0.3 is 0 Å². The summed E-state index contributed by atoms with van der Waals surface area (Å²) in [6, 6.07) is 5.05. The minimum atomic E-state index is -1.14. The lowest BCUT2D eigenvalue weighted by Crippen LogP contribution is -2.22. The summed E-state index contributed by atoms with van der Waals surface area (Å²) in [5.74, 6) is -2.67. The first-order valence-corrected chi connectivity index (χ1v) is 9.06. The highest BCUT2D eigenvalue weighted by Gasteiger charge is 2.16. The number of rotatable bonds is 5. The van der Waals surface area contributed by atoms with Crippen LogP contribution in [0.5, 0.6) is 5.75 Å². The van der Waals surface area contributed by atoms with Gasteiger partial charge in [-0.05, 0) is 43.0 Å². The minimum absolute atomic E-state index is 0.349. The molecule has 1 aromatic carbocycles. The molecule has 0 aromatic heterocycles. The van der Waals surface area contributed by atoms with Crippen molar-refractivity contribution in [3.05, 3.63) is 29.3 Å². The van der Waals surface area contributed by atoms with E-state index < -0.39 is 26.4 Å². The molecular weight excluding hydrogens is 266 g/mol. The lowest BCUT2D eigenvalue weighted by molar-refractivity contribution is 0.285. The number of phenolic OH excluding ortho intramolecular Hbond substituents is 1. The van der Waals surface area contributed by atoms with Crippen molar-refractivity contribution in [2.24, 2.45) is 0 Å². The van der Waals surface area contributed by atoms with Gasteiger partial charge in [0.2, 0.25) is 5.82 Å². The molecule has 1 heterocycles. The summed E-state index contributed by atoms with van der Waals surface area (Å²) in [5, 5.41) is 9.04. The van der Waals surface area contributed by atoms with Gasteiger partial charge in [-0.2, -0.15) is 4.39 Å². The standard InChI is InChI=1S/C14H20F2O2Si/c15-13-11(6-7-12(17)14(13)16)5-1-3-9-19-10-4-2-8-18-19/h6-7,17,19H,1-5,8-10H2. The van der Waals surface area contributed by atoms with Gasteiger partial charge in [0.25, 0.3) is 0 Å². The molecule has 0 aliphatic carbocycles. The van der Waals surface area contributed by atoms with E-state index >= 15 is 0 Å². The molecule has 19 heavy (non-hydrogen) atoms. The van der Waals surface area contributed by atoms with E-state index in [0.717, 1.165) is 25.5 Å². The zero-order valence-corrected chi connectivity index (χ0v) is 12.2. The number of unbranched alkanes of at least 4 members (excludes halogenated alkanes) is 1. The van der Waals surface area contributed by atoms with Gasteiger partial charge in [-0.3, -0.25) is 0 Å². The number of halogens is 2. The zero-order chi connectivity index (χ0) is 13.7. The third-order valence-electron chi connectivity index (χ3n) is 3.64. The lowest BCUT2D eigenvalue weighted by Gasteiger charge is -2.20. The largest absolute Gasteiger partial charge is 0.505 e. The van der Waals surface area contributed by atoms with Crippen LogP contribution in [-0.2, 0) is 10.8 Å². The summed E-state index contributed by atoms with van der Waals surface area (Å²) in [6.07, 6.45) is 4.84. The Kier molecular flexibility index (Phi) is 5.33. The van der Waals surface area contributed by atoms with Crippen molar-refractivity contribution in [3.63, 3.8) is 0 Å². The first-order valence-electron chi connectivity index (χ1n) is 6.96. The van der Waals surface area contributed by atoms with Crippen molar-refractivity contribution < 1.29 is 18.3 Å². The molecule has 2 nitrogen and oxygen atoms in total. The van der Waals surface area contributed by atoms with E-state index in [1.54, 1.807) is 0 Å². The third kappa shape index (κ3) is 4.01. The maximum absolute atomic E-state index is 13.5. The summed E-state index contributed by atoms with van der Waals surface area (Å²) in [6.45, 7) is 0.911. The molecule has 106 valence electrons. The van der Waals surface area contributed by atoms with Gasteiger partial charge in [0, 0.05) is 6.61 Å². The second-order valence-electron chi connectivity index (χ2n) is 5.11. The predicted octanol–water partition coefficient (Wildman–Crippen LogP) is 3.53. The maximum atomic E-state index is 13.5. The minimum Gasteiger partial charge on any atom is -0.505 e. The van der Waals surface area contributed by atoms with Gasteiger partial charge in [0.1, 0.15) is 0 Å². The van der Waals surface area contributed by atoms with Gasteiger partial charge in [-0.25, -0.2) is 4.39 Å². The molecule has 1 aliphatic rings. The van der Waals surface area contributed by atoms with E-state index in [1.807, 2.05) is 0 Å². The SMILES string of the molecule is Oc1ccc(CCCC[SiH]2CCCCO2)c(F)c1F. The average Bonchev–Trinajstić information content (AvgIpc) is 2.44. The third-order valence-corrected chi connectivity index (χ3v) is 6.45. The van der Waals surface area contributed by atoms with Crippen molar-refractivity contribution in [2.45, 2.75) is 44.2 Å². The van der Waals surface area contributed by atoms with E-state index in [-0.39, 0.29) is 0 Å². The molecule has 0 bridgehead atoms. The number of hydrogen-bond acceptors (Lipinski definition) is 2. The predicted molar refractivity (Wildman–Crippen MR) is 72.9 cm³/mol. The number of hydrogen-bond donors (Lipinski definition) is 1. The monoisotopic (exact) mass is 286 g/mol. The lowest BCUT2D eigenvalue weighted by atomic mass is 10.1. The Bertz CT molecular complexity index is 420. The van der Waals surface area contributed by atoms with Crippen LogP contribution in [0, 0.1) is 11.6 Å². The number of benzene rings is 1. The molecule has 1 aromatic rings. The smallest absolute Gasteiger partial charge is 0.200 e. The molecule has 1 N–H and O–H groups in total. The van der Waals surface area contributed by atoms with Crippen LogP contribution < -0.4 is 0 Å². The topological polar surface area (TPSA) is 29.5 Å². The van der Waals surface area contributed by atoms with Crippen molar-refractivity contribution in [1.29, 1.82) is 0 Å². The second-order valence-corrected chi connectivity index (χ2v) is 7.84. The summed E-state index contributed by atoms with van der Waals surface area (Å²) >= 11 is 0. The fourth-order valence-corrected chi connectivity index (χ4v) is 5.10. The second kappa shape index (κ2) is 7.00. The highest BCUT2D eigenvalue weighted by Crippen LogP contribution is 2.23. The number of aryl methyl sites for hydroxylation is 1. The average molecular weight is 286 g/mol. The highest BCUT2D eigenvalue weighted by atomic mass is 28.3. The van der Waals surface area contributed by atoms with Crippen LogP contribution in [0.3, 0.4) is 0 Å². The van der Waals surface area contributed by atoms with Crippen LogP contribution in [0.2, 0.25) is 12.1 Å². The van der Waals surface area contributed by atoms with E-state index in [9.17, 15) is 8.78 Å². The molecule has 1 aliphatic heterocycles. The molecule has 0 spiro atoms. The van der Waals surface area contributed by atoms with Crippen LogP contribution in [-0.4, -0.2) is 20.8 Å². The molecular formula is C14H20F2O2Si. The maximum Gasteiger partial charge on any atom is 0.200 e. The fraction of sp³-hybridized carbons (Fsp3) is 0.571. The van der Waals surface area contributed by atoms with Crippen molar-refractivity contribution >= 4 is 9.04 Å². The molecule has 1 saturated heterocycles. The normalized spacial score (nSPS) is 19.6. The Morgan fingerprint density at radius 2 is 2.00 bits per heavy atom. The van der Waals surface area contributed by atoms with E-state index in [0.29, 0.717) is 12.0 Å².